The maximum Gasteiger partial charge on any atom is 0.0702 e. The highest BCUT2D eigenvalue weighted by molar-refractivity contribution is 5.72. The van der Waals surface area contributed by atoms with Crippen molar-refractivity contribution in [3.63, 3.8) is 0 Å². The van der Waals surface area contributed by atoms with Crippen molar-refractivity contribution in [2.75, 3.05) is 0 Å². The number of benzene rings is 2. The zero-order chi connectivity index (χ0) is 16.2. The molecule has 2 aromatic carbocycles. The number of aryl methyl sites for hydroxylation is 1. The molecule has 1 heteroatoms. The van der Waals surface area contributed by atoms with Gasteiger partial charge in [-0.05, 0) is 54.2 Å². The fourth-order valence-corrected chi connectivity index (χ4v) is 3.01. The predicted octanol–water partition coefficient (Wildman–Crippen LogP) is 5.92. The second-order valence-corrected chi connectivity index (χ2v) is 6.60. The average molecular weight is 301 g/mol. The van der Waals surface area contributed by atoms with Crippen LogP contribution in [0.1, 0.15) is 25.0 Å². The van der Waals surface area contributed by atoms with Gasteiger partial charge in [-0.3, -0.25) is 4.98 Å². The van der Waals surface area contributed by atoms with Gasteiger partial charge in [0.1, 0.15) is 0 Å². The van der Waals surface area contributed by atoms with Gasteiger partial charge in [0.05, 0.1) is 5.69 Å². The first-order valence-electron chi connectivity index (χ1n) is 8.24. The smallest absolute Gasteiger partial charge is 0.0702 e. The average Bonchev–Trinajstić information content (AvgIpc) is 2.55. The summed E-state index contributed by atoms with van der Waals surface area (Å²) in [6, 6.07) is 21.6. The zero-order valence-corrected chi connectivity index (χ0v) is 14.1. The van der Waals surface area contributed by atoms with Gasteiger partial charge in [-0.2, -0.15) is 0 Å². The van der Waals surface area contributed by atoms with E-state index in [2.05, 4.69) is 74.3 Å². The van der Waals surface area contributed by atoms with E-state index < -0.39 is 0 Å². The van der Waals surface area contributed by atoms with Gasteiger partial charge < -0.3 is 0 Å². The van der Waals surface area contributed by atoms with Crippen LogP contribution < -0.4 is 0 Å². The third-order valence-corrected chi connectivity index (χ3v) is 3.94. The Bertz CT molecular complexity index is 788. The van der Waals surface area contributed by atoms with Crippen molar-refractivity contribution >= 4 is 0 Å². The summed E-state index contributed by atoms with van der Waals surface area (Å²) in [5.41, 5.74) is 7.46. The van der Waals surface area contributed by atoms with Gasteiger partial charge in [0.15, 0.2) is 0 Å². The van der Waals surface area contributed by atoms with E-state index in [0.29, 0.717) is 5.92 Å². The molecular formula is C22H23N. The van der Waals surface area contributed by atoms with Crippen LogP contribution >= 0.6 is 0 Å². The van der Waals surface area contributed by atoms with Gasteiger partial charge in [-0.1, -0.05) is 61.9 Å². The molecular weight excluding hydrogens is 278 g/mol. The lowest BCUT2D eigenvalue weighted by atomic mass is 9.94. The van der Waals surface area contributed by atoms with Crippen LogP contribution in [0.2, 0.25) is 0 Å². The summed E-state index contributed by atoms with van der Waals surface area (Å²) in [7, 11) is 0. The van der Waals surface area contributed by atoms with E-state index in [0.717, 1.165) is 17.7 Å². The fraction of sp³-hybridized carbons (Fsp3) is 0.227. The number of aromatic nitrogens is 1. The van der Waals surface area contributed by atoms with Crippen LogP contribution in [0.15, 0.2) is 66.9 Å². The molecule has 0 N–H and O–H groups in total. The predicted molar refractivity (Wildman–Crippen MR) is 98.4 cm³/mol. The van der Waals surface area contributed by atoms with Crippen LogP contribution in [0.5, 0.6) is 0 Å². The lowest BCUT2D eigenvalue weighted by molar-refractivity contribution is 0.647. The van der Waals surface area contributed by atoms with Gasteiger partial charge in [-0.25, -0.2) is 0 Å². The molecule has 1 nitrogen and oxygen atoms in total. The van der Waals surface area contributed by atoms with Gasteiger partial charge in [0.2, 0.25) is 0 Å². The molecule has 0 bridgehead atoms. The Kier molecular flexibility index (Phi) is 4.57. The molecule has 0 aliphatic heterocycles. The van der Waals surface area contributed by atoms with Crippen molar-refractivity contribution in [3.8, 4) is 22.4 Å². The van der Waals surface area contributed by atoms with Crippen molar-refractivity contribution in [1.29, 1.82) is 0 Å². The van der Waals surface area contributed by atoms with Crippen molar-refractivity contribution in [2.45, 2.75) is 27.2 Å². The molecule has 0 unspecified atom stereocenters. The minimum atomic E-state index is 0.671. The van der Waals surface area contributed by atoms with Gasteiger partial charge in [0, 0.05) is 11.8 Å². The molecule has 0 amide bonds. The van der Waals surface area contributed by atoms with Crippen LogP contribution in [-0.2, 0) is 6.42 Å². The number of nitrogens with zero attached hydrogens (tertiary/aromatic N) is 1. The second kappa shape index (κ2) is 6.78. The Hall–Kier alpha value is -2.41. The monoisotopic (exact) mass is 301 g/mol. The SMILES string of the molecule is Cc1cc(CC(C)C)cc(-c2cccc(-c3ccccn3)c2)c1. The molecule has 3 rings (SSSR count). The highest BCUT2D eigenvalue weighted by Gasteiger charge is 2.06. The van der Waals surface area contributed by atoms with Crippen molar-refractivity contribution in [3.05, 3.63) is 78.0 Å². The lowest BCUT2D eigenvalue weighted by Gasteiger charge is -2.11. The summed E-state index contributed by atoms with van der Waals surface area (Å²) in [4.78, 5) is 4.46. The van der Waals surface area contributed by atoms with E-state index in [1.54, 1.807) is 0 Å². The first-order chi connectivity index (χ1) is 11.1. The highest BCUT2D eigenvalue weighted by atomic mass is 14.7. The van der Waals surface area contributed by atoms with E-state index in [-0.39, 0.29) is 0 Å². The summed E-state index contributed by atoms with van der Waals surface area (Å²) in [6.45, 7) is 6.71. The molecule has 0 spiro atoms. The number of hydrogen-bond acceptors (Lipinski definition) is 1. The van der Waals surface area contributed by atoms with E-state index >= 15 is 0 Å². The van der Waals surface area contributed by atoms with Gasteiger partial charge in [0.25, 0.3) is 0 Å². The Morgan fingerprint density at radius 3 is 2.39 bits per heavy atom. The highest BCUT2D eigenvalue weighted by Crippen LogP contribution is 2.27. The van der Waals surface area contributed by atoms with Crippen molar-refractivity contribution in [1.82, 2.24) is 4.98 Å². The minimum Gasteiger partial charge on any atom is -0.256 e. The topological polar surface area (TPSA) is 12.9 Å². The maximum absolute atomic E-state index is 4.46. The quantitative estimate of drug-likeness (QED) is 0.582. The summed E-state index contributed by atoms with van der Waals surface area (Å²) in [5.74, 6) is 0.671. The number of rotatable bonds is 4. The molecule has 0 aliphatic rings. The normalized spacial score (nSPS) is 11.0. The third-order valence-electron chi connectivity index (χ3n) is 3.94. The number of pyridine rings is 1. The van der Waals surface area contributed by atoms with Crippen LogP contribution in [0, 0.1) is 12.8 Å². The molecule has 23 heavy (non-hydrogen) atoms. The summed E-state index contributed by atoms with van der Waals surface area (Å²) in [5, 5.41) is 0. The van der Waals surface area contributed by atoms with Gasteiger partial charge in [-0.15, -0.1) is 0 Å². The third kappa shape index (κ3) is 3.87. The lowest BCUT2D eigenvalue weighted by Crippen LogP contribution is -1.95. The van der Waals surface area contributed by atoms with E-state index in [9.17, 15) is 0 Å². The maximum atomic E-state index is 4.46. The molecule has 0 saturated heterocycles. The van der Waals surface area contributed by atoms with Gasteiger partial charge >= 0.3 is 0 Å². The zero-order valence-electron chi connectivity index (χ0n) is 14.1. The Morgan fingerprint density at radius 1 is 0.826 bits per heavy atom. The standard InChI is InChI=1S/C22H23N/c1-16(2)11-18-12-17(3)13-21(14-18)19-7-6-8-20(15-19)22-9-4-5-10-23-22/h4-10,12-16H,11H2,1-3H3. The summed E-state index contributed by atoms with van der Waals surface area (Å²) < 4.78 is 0. The molecule has 116 valence electrons. The van der Waals surface area contributed by atoms with Crippen molar-refractivity contribution < 1.29 is 0 Å². The number of hydrogen-bond donors (Lipinski definition) is 0. The molecule has 0 radical (unpaired) electrons. The molecule has 0 atom stereocenters. The van der Waals surface area contributed by atoms with Crippen LogP contribution in [-0.4, -0.2) is 4.98 Å². The molecule has 0 fully saturated rings. The molecule has 0 saturated carbocycles. The molecule has 1 heterocycles. The molecule has 1 aromatic heterocycles. The Balaban J connectivity index is 2.00. The fourth-order valence-electron chi connectivity index (χ4n) is 3.01. The molecule has 3 aromatic rings. The van der Waals surface area contributed by atoms with E-state index in [1.165, 1.54) is 22.3 Å². The van der Waals surface area contributed by atoms with Crippen molar-refractivity contribution in [2.24, 2.45) is 5.92 Å². The molecule has 0 aliphatic carbocycles. The Morgan fingerprint density at radius 2 is 1.65 bits per heavy atom. The first-order valence-corrected chi connectivity index (χ1v) is 8.24. The summed E-state index contributed by atoms with van der Waals surface area (Å²) >= 11 is 0. The minimum absolute atomic E-state index is 0.671. The Labute approximate surface area is 139 Å². The first kappa shape index (κ1) is 15.5. The van der Waals surface area contributed by atoms with Crippen LogP contribution in [0.4, 0.5) is 0 Å². The van der Waals surface area contributed by atoms with E-state index in [1.807, 2.05) is 18.3 Å². The largest absolute Gasteiger partial charge is 0.256 e. The van der Waals surface area contributed by atoms with Crippen LogP contribution in [0.3, 0.4) is 0 Å². The summed E-state index contributed by atoms with van der Waals surface area (Å²) in [6.07, 6.45) is 2.96. The van der Waals surface area contributed by atoms with E-state index in [4.69, 9.17) is 0 Å². The second-order valence-electron chi connectivity index (χ2n) is 6.60. The van der Waals surface area contributed by atoms with Crippen LogP contribution in [0.25, 0.3) is 22.4 Å².